The number of anilines is 2. The summed E-state index contributed by atoms with van der Waals surface area (Å²) in [4.78, 5) is 16.9. The maximum atomic E-state index is 13.2. The van der Waals surface area contributed by atoms with Gasteiger partial charge in [-0.05, 0) is 49.4 Å². The molecule has 1 atom stereocenters. The van der Waals surface area contributed by atoms with Crippen LogP contribution in [-0.2, 0) is 4.79 Å². The minimum Gasteiger partial charge on any atom is -0.497 e. The largest absolute Gasteiger partial charge is 0.497 e. The zero-order valence-electron chi connectivity index (χ0n) is 15.4. The SMILES string of the molecule is COc1ccc(N2CCN(C(C)C(=O)Nc3ccc(F)c(Cl)c3)CC2)cc1. The van der Waals surface area contributed by atoms with Crippen LogP contribution in [0.2, 0.25) is 5.02 Å². The van der Waals surface area contributed by atoms with Gasteiger partial charge in [0.1, 0.15) is 11.6 Å². The number of amides is 1. The lowest BCUT2D eigenvalue weighted by Gasteiger charge is -2.38. The third-order valence-corrected chi connectivity index (χ3v) is 5.16. The van der Waals surface area contributed by atoms with Crippen molar-refractivity contribution in [3.05, 3.63) is 53.3 Å². The molecule has 0 bridgehead atoms. The zero-order valence-corrected chi connectivity index (χ0v) is 16.2. The molecule has 1 aliphatic heterocycles. The molecule has 0 saturated carbocycles. The number of carbonyl (C=O) groups excluding carboxylic acids is 1. The van der Waals surface area contributed by atoms with Gasteiger partial charge in [0.05, 0.1) is 18.2 Å². The summed E-state index contributed by atoms with van der Waals surface area (Å²) in [5.41, 5.74) is 1.64. The molecule has 0 aliphatic carbocycles. The molecule has 0 spiro atoms. The molecular formula is C20H23ClFN3O2. The monoisotopic (exact) mass is 391 g/mol. The van der Waals surface area contributed by atoms with Gasteiger partial charge in [-0.1, -0.05) is 11.6 Å². The first-order valence-electron chi connectivity index (χ1n) is 8.87. The van der Waals surface area contributed by atoms with E-state index in [1.54, 1.807) is 7.11 Å². The first-order chi connectivity index (χ1) is 13.0. The van der Waals surface area contributed by atoms with Gasteiger partial charge in [-0.2, -0.15) is 0 Å². The Kier molecular flexibility index (Phi) is 6.19. The predicted molar refractivity (Wildman–Crippen MR) is 106 cm³/mol. The molecule has 1 heterocycles. The zero-order chi connectivity index (χ0) is 19.4. The summed E-state index contributed by atoms with van der Waals surface area (Å²) in [6, 6.07) is 11.9. The number of hydrogen-bond donors (Lipinski definition) is 1. The molecule has 1 fully saturated rings. The molecule has 5 nitrogen and oxygen atoms in total. The summed E-state index contributed by atoms with van der Waals surface area (Å²) in [5, 5.41) is 2.80. The molecule has 144 valence electrons. The van der Waals surface area contributed by atoms with Crippen LogP contribution in [0.25, 0.3) is 0 Å². The number of ether oxygens (including phenoxy) is 1. The smallest absolute Gasteiger partial charge is 0.241 e. The number of hydrogen-bond acceptors (Lipinski definition) is 4. The van der Waals surface area contributed by atoms with Gasteiger partial charge in [-0.15, -0.1) is 0 Å². The second-order valence-electron chi connectivity index (χ2n) is 6.52. The summed E-state index contributed by atoms with van der Waals surface area (Å²) in [7, 11) is 1.65. The van der Waals surface area contributed by atoms with Crippen LogP contribution in [-0.4, -0.2) is 50.1 Å². The summed E-state index contributed by atoms with van der Waals surface area (Å²) >= 11 is 5.77. The molecule has 1 amide bonds. The number of rotatable bonds is 5. The molecule has 7 heteroatoms. The van der Waals surface area contributed by atoms with E-state index in [1.165, 1.54) is 18.2 Å². The van der Waals surface area contributed by atoms with Gasteiger partial charge in [0, 0.05) is 37.6 Å². The summed E-state index contributed by atoms with van der Waals surface area (Å²) in [5.74, 6) is 0.205. The Hall–Kier alpha value is -2.31. The average molecular weight is 392 g/mol. The van der Waals surface area contributed by atoms with Crippen LogP contribution in [0.15, 0.2) is 42.5 Å². The number of methoxy groups -OCH3 is 1. The first kappa shape index (κ1) is 19.5. The van der Waals surface area contributed by atoms with Crippen molar-refractivity contribution in [1.82, 2.24) is 4.90 Å². The van der Waals surface area contributed by atoms with E-state index in [-0.39, 0.29) is 17.0 Å². The number of nitrogens with one attached hydrogen (secondary N) is 1. The normalized spacial score (nSPS) is 16.1. The Balaban J connectivity index is 1.54. The fourth-order valence-electron chi connectivity index (χ4n) is 3.15. The van der Waals surface area contributed by atoms with Crippen molar-refractivity contribution in [2.75, 3.05) is 43.5 Å². The highest BCUT2D eigenvalue weighted by Gasteiger charge is 2.26. The fraction of sp³-hybridized carbons (Fsp3) is 0.350. The van der Waals surface area contributed by atoms with Crippen LogP contribution >= 0.6 is 11.6 Å². The topological polar surface area (TPSA) is 44.8 Å². The molecule has 3 rings (SSSR count). The number of benzene rings is 2. The Labute approximate surface area is 163 Å². The number of halogens is 2. The minimum atomic E-state index is -0.502. The van der Waals surface area contributed by atoms with Crippen molar-refractivity contribution in [1.29, 1.82) is 0 Å². The van der Waals surface area contributed by atoms with Crippen molar-refractivity contribution < 1.29 is 13.9 Å². The van der Waals surface area contributed by atoms with E-state index in [1.807, 2.05) is 31.2 Å². The van der Waals surface area contributed by atoms with Gasteiger partial charge in [0.15, 0.2) is 0 Å². The van der Waals surface area contributed by atoms with Gasteiger partial charge >= 0.3 is 0 Å². The highest BCUT2D eigenvalue weighted by molar-refractivity contribution is 6.31. The van der Waals surface area contributed by atoms with E-state index in [0.29, 0.717) is 5.69 Å². The van der Waals surface area contributed by atoms with E-state index in [2.05, 4.69) is 15.1 Å². The van der Waals surface area contributed by atoms with Crippen molar-refractivity contribution in [3.63, 3.8) is 0 Å². The maximum absolute atomic E-state index is 13.2. The van der Waals surface area contributed by atoms with Crippen LogP contribution in [0.4, 0.5) is 15.8 Å². The van der Waals surface area contributed by atoms with Crippen molar-refractivity contribution in [3.8, 4) is 5.75 Å². The molecule has 1 unspecified atom stereocenters. The van der Waals surface area contributed by atoms with Gasteiger partial charge in [0.2, 0.25) is 5.91 Å². The van der Waals surface area contributed by atoms with E-state index in [9.17, 15) is 9.18 Å². The minimum absolute atomic E-state index is 0.00596. The predicted octanol–water partition coefficient (Wildman–Crippen LogP) is 3.64. The average Bonchev–Trinajstić information content (AvgIpc) is 2.70. The quantitative estimate of drug-likeness (QED) is 0.845. The van der Waals surface area contributed by atoms with Gasteiger partial charge in [-0.3, -0.25) is 9.69 Å². The second-order valence-corrected chi connectivity index (χ2v) is 6.92. The molecule has 1 N–H and O–H groups in total. The standard InChI is InChI=1S/C20H23ClFN3O2/c1-14(20(26)23-15-3-8-19(22)18(21)13-15)24-9-11-25(12-10-24)16-4-6-17(27-2)7-5-16/h3-8,13-14H,9-12H2,1-2H3,(H,23,26). The number of carbonyl (C=O) groups is 1. The third-order valence-electron chi connectivity index (χ3n) is 4.87. The van der Waals surface area contributed by atoms with E-state index < -0.39 is 5.82 Å². The summed E-state index contributed by atoms with van der Waals surface area (Å²) in [6.07, 6.45) is 0. The van der Waals surface area contributed by atoms with Crippen LogP contribution in [0, 0.1) is 5.82 Å². The molecule has 2 aromatic rings. The molecule has 27 heavy (non-hydrogen) atoms. The Morgan fingerprint density at radius 3 is 2.41 bits per heavy atom. The molecule has 1 aliphatic rings. The van der Waals surface area contributed by atoms with Crippen molar-refractivity contribution >= 4 is 28.9 Å². The summed E-state index contributed by atoms with van der Waals surface area (Å²) in [6.45, 7) is 5.12. The van der Waals surface area contributed by atoms with Crippen LogP contribution in [0.5, 0.6) is 5.75 Å². The Morgan fingerprint density at radius 2 is 1.81 bits per heavy atom. The molecule has 1 saturated heterocycles. The fourth-order valence-corrected chi connectivity index (χ4v) is 3.33. The van der Waals surface area contributed by atoms with Crippen molar-refractivity contribution in [2.24, 2.45) is 0 Å². The van der Waals surface area contributed by atoms with Gasteiger partial charge in [0.25, 0.3) is 0 Å². The molecular weight excluding hydrogens is 369 g/mol. The van der Waals surface area contributed by atoms with Crippen LogP contribution in [0.1, 0.15) is 6.92 Å². The van der Waals surface area contributed by atoms with Crippen LogP contribution < -0.4 is 15.0 Å². The summed E-state index contributed by atoms with van der Waals surface area (Å²) < 4.78 is 18.4. The lowest BCUT2D eigenvalue weighted by molar-refractivity contribution is -0.120. The lowest BCUT2D eigenvalue weighted by atomic mass is 10.2. The lowest BCUT2D eigenvalue weighted by Crippen LogP contribution is -2.52. The number of nitrogens with zero attached hydrogens (tertiary/aromatic N) is 2. The van der Waals surface area contributed by atoms with E-state index in [4.69, 9.17) is 16.3 Å². The molecule has 0 aromatic heterocycles. The van der Waals surface area contributed by atoms with Gasteiger partial charge in [-0.25, -0.2) is 4.39 Å². The maximum Gasteiger partial charge on any atom is 0.241 e. The number of piperazine rings is 1. The molecule has 0 radical (unpaired) electrons. The van der Waals surface area contributed by atoms with Gasteiger partial charge < -0.3 is 15.0 Å². The van der Waals surface area contributed by atoms with Crippen molar-refractivity contribution in [2.45, 2.75) is 13.0 Å². The Bertz CT molecular complexity index is 792. The Morgan fingerprint density at radius 1 is 1.15 bits per heavy atom. The highest BCUT2D eigenvalue weighted by atomic mass is 35.5. The van der Waals surface area contributed by atoms with E-state index in [0.717, 1.165) is 37.6 Å². The highest BCUT2D eigenvalue weighted by Crippen LogP contribution is 2.22. The second kappa shape index (κ2) is 8.59. The molecule has 2 aromatic carbocycles. The first-order valence-corrected chi connectivity index (χ1v) is 9.24. The van der Waals surface area contributed by atoms with E-state index >= 15 is 0 Å². The van der Waals surface area contributed by atoms with Crippen LogP contribution in [0.3, 0.4) is 0 Å². The third kappa shape index (κ3) is 4.70.